The molecule has 0 unspecified atom stereocenters. The van der Waals surface area contributed by atoms with Crippen LogP contribution in [0.25, 0.3) is 0 Å². The zero-order valence-electron chi connectivity index (χ0n) is 16.6. The van der Waals surface area contributed by atoms with Crippen LogP contribution < -0.4 is 10.6 Å². The Kier molecular flexibility index (Phi) is 14.8. The van der Waals surface area contributed by atoms with E-state index in [-0.39, 0.29) is 30.1 Å². The Bertz CT molecular complexity index is 404. The largest absolute Gasteiger partial charge is 0.450 e. The fraction of sp³-hybridized carbons (Fsp3) is 0.882. The molecule has 26 heavy (non-hydrogen) atoms. The van der Waals surface area contributed by atoms with Crippen LogP contribution in [-0.2, 0) is 9.47 Å². The van der Waals surface area contributed by atoms with Crippen LogP contribution in [0.1, 0.15) is 26.7 Å². The van der Waals surface area contributed by atoms with E-state index in [4.69, 9.17) is 9.47 Å². The van der Waals surface area contributed by atoms with Crippen molar-refractivity contribution in [1.82, 2.24) is 20.4 Å². The Morgan fingerprint density at radius 3 is 2.54 bits per heavy atom. The van der Waals surface area contributed by atoms with Crippen molar-refractivity contribution >= 4 is 36.0 Å². The van der Waals surface area contributed by atoms with Crippen molar-refractivity contribution in [3.05, 3.63) is 0 Å². The number of amides is 1. The second-order valence-corrected chi connectivity index (χ2v) is 6.16. The van der Waals surface area contributed by atoms with E-state index in [1.54, 1.807) is 12.0 Å². The van der Waals surface area contributed by atoms with E-state index < -0.39 is 0 Å². The van der Waals surface area contributed by atoms with Gasteiger partial charge in [0, 0.05) is 45.9 Å². The minimum absolute atomic E-state index is 0. The highest BCUT2D eigenvalue weighted by atomic mass is 127. The summed E-state index contributed by atoms with van der Waals surface area (Å²) >= 11 is 0. The Hall–Kier alpha value is -0.810. The first kappa shape index (κ1) is 25.2. The van der Waals surface area contributed by atoms with Gasteiger partial charge < -0.3 is 29.9 Å². The van der Waals surface area contributed by atoms with E-state index in [2.05, 4.69) is 34.5 Å². The number of guanidine groups is 1. The van der Waals surface area contributed by atoms with Crippen LogP contribution in [0.3, 0.4) is 0 Å². The van der Waals surface area contributed by atoms with Crippen molar-refractivity contribution in [1.29, 1.82) is 0 Å². The normalized spacial score (nSPS) is 15.6. The summed E-state index contributed by atoms with van der Waals surface area (Å²) < 4.78 is 10.1. The number of carbonyl (C=O) groups is 1. The van der Waals surface area contributed by atoms with Gasteiger partial charge in [-0.25, -0.2) is 4.79 Å². The van der Waals surface area contributed by atoms with E-state index in [0.717, 1.165) is 64.7 Å². The quantitative estimate of drug-likeness (QED) is 0.292. The number of methoxy groups -OCH3 is 1. The van der Waals surface area contributed by atoms with Crippen LogP contribution in [0.5, 0.6) is 0 Å². The molecule has 1 aliphatic rings. The molecule has 1 rings (SSSR count). The number of rotatable bonds is 9. The standard InChI is InChI=1S/C17H35N5O3.HI/c1-5-18-16(19-9-12-21(3)13-14-24-4)20-15-7-10-22(11-8-15)17(23)25-6-2;/h15H,5-14H2,1-4H3,(H2,18,19,20);1H. The van der Waals surface area contributed by atoms with Crippen LogP contribution in [0, 0.1) is 0 Å². The SMILES string of the molecule is CCNC(=NCCN(C)CCOC)NC1CCN(C(=O)OCC)CC1.I. The van der Waals surface area contributed by atoms with E-state index in [1.165, 1.54) is 0 Å². The summed E-state index contributed by atoms with van der Waals surface area (Å²) in [5, 5.41) is 6.77. The van der Waals surface area contributed by atoms with Crippen molar-refractivity contribution in [3.63, 3.8) is 0 Å². The topological polar surface area (TPSA) is 78.4 Å². The van der Waals surface area contributed by atoms with Crippen molar-refractivity contribution in [2.45, 2.75) is 32.7 Å². The summed E-state index contributed by atoms with van der Waals surface area (Å²) in [6.45, 7) is 9.84. The Morgan fingerprint density at radius 1 is 1.27 bits per heavy atom. The number of hydrogen-bond acceptors (Lipinski definition) is 5. The number of piperidine rings is 1. The zero-order chi connectivity index (χ0) is 18.5. The van der Waals surface area contributed by atoms with Gasteiger partial charge in [0.1, 0.15) is 0 Å². The Labute approximate surface area is 175 Å². The van der Waals surface area contributed by atoms with E-state index in [1.807, 2.05) is 6.92 Å². The molecular formula is C17H36IN5O3. The molecular weight excluding hydrogens is 449 g/mol. The van der Waals surface area contributed by atoms with Gasteiger partial charge in [0.2, 0.25) is 0 Å². The number of likely N-dealkylation sites (tertiary alicyclic amines) is 1. The fourth-order valence-electron chi connectivity index (χ4n) is 2.63. The number of aliphatic imine (C=N–C) groups is 1. The maximum absolute atomic E-state index is 11.7. The number of carbonyl (C=O) groups excluding carboxylic acids is 1. The second-order valence-electron chi connectivity index (χ2n) is 6.16. The van der Waals surface area contributed by atoms with Gasteiger partial charge in [0.25, 0.3) is 0 Å². The number of nitrogens with zero attached hydrogens (tertiary/aromatic N) is 3. The molecule has 1 fully saturated rings. The van der Waals surface area contributed by atoms with Gasteiger partial charge in [0.15, 0.2) is 5.96 Å². The molecule has 1 heterocycles. The van der Waals surface area contributed by atoms with E-state index >= 15 is 0 Å². The Morgan fingerprint density at radius 2 is 1.96 bits per heavy atom. The molecule has 0 spiro atoms. The molecule has 9 heteroatoms. The summed E-state index contributed by atoms with van der Waals surface area (Å²) in [4.78, 5) is 20.4. The summed E-state index contributed by atoms with van der Waals surface area (Å²) in [5.41, 5.74) is 0. The van der Waals surface area contributed by atoms with Gasteiger partial charge in [-0.1, -0.05) is 0 Å². The lowest BCUT2D eigenvalue weighted by molar-refractivity contribution is 0.0963. The van der Waals surface area contributed by atoms with Gasteiger partial charge in [-0.05, 0) is 33.7 Å². The molecule has 154 valence electrons. The van der Waals surface area contributed by atoms with Crippen LogP contribution in [0.4, 0.5) is 4.79 Å². The number of likely N-dealkylation sites (N-methyl/N-ethyl adjacent to an activating group) is 1. The molecule has 0 aromatic heterocycles. The first-order chi connectivity index (χ1) is 12.1. The molecule has 0 aromatic rings. The lowest BCUT2D eigenvalue weighted by Gasteiger charge is -2.32. The van der Waals surface area contributed by atoms with Crippen LogP contribution in [0.15, 0.2) is 4.99 Å². The average molecular weight is 485 g/mol. The predicted octanol–water partition coefficient (Wildman–Crippen LogP) is 1.36. The smallest absolute Gasteiger partial charge is 0.409 e. The maximum Gasteiger partial charge on any atom is 0.409 e. The van der Waals surface area contributed by atoms with E-state index in [9.17, 15) is 4.79 Å². The van der Waals surface area contributed by atoms with Gasteiger partial charge in [-0.3, -0.25) is 4.99 Å². The highest BCUT2D eigenvalue weighted by molar-refractivity contribution is 14.0. The number of ether oxygens (including phenoxy) is 2. The molecule has 1 aliphatic heterocycles. The molecule has 0 atom stereocenters. The third-order valence-corrected chi connectivity index (χ3v) is 4.13. The van der Waals surface area contributed by atoms with Crippen LogP contribution in [0.2, 0.25) is 0 Å². The minimum atomic E-state index is -0.208. The average Bonchev–Trinajstić information content (AvgIpc) is 2.61. The first-order valence-electron chi connectivity index (χ1n) is 9.24. The van der Waals surface area contributed by atoms with Gasteiger partial charge in [0.05, 0.1) is 19.8 Å². The van der Waals surface area contributed by atoms with Crippen molar-refractivity contribution in [3.8, 4) is 0 Å². The van der Waals surface area contributed by atoms with Gasteiger partial charge >= 0.3 is 6.09 Å². The lowest BCUT2D eigenvalue weighted by atomic mass is 10.1. The number of nitrogens with one attached hydrogen (secondary N) is 2. The molecule has 0 aliphatic carbocycles. The van der Waals surface area contributed by atoms with Crippen molar-refractivity contribution < 1.29 is 14.3 Å². The van der Waals surface area contributed by atoms with Gasteiger partial charge in [-0.15, -0.1) is 24.0 Å². The highest BCUT2D eigenvalue weighted by Crippen LogP contribution is 2.11. The summed E-state index contributed by atoms with van der Waals surface area (Å²) in [5.74, 6) is 0.845. The molecule has 0 saturated carbocycles. The third-order valence-electron chi connectivity index (χ3n) is 4.13. The lowest BCUT2D eigenvalue weighted by Crippen LogP contribution is -2.50. The molecule has 0 aromatic carbocycles. The third kappa shape index (κ3) is 10.4. The van der Waals surface area contributed by atoms with E-state index in [0.29, 0.717) is 12.6 Å². The second kappa shape index (κ2) is 15.3. The number of halogens is 1. The molecule has 0 radical (unpaired) electrons. The Balaban J connectivity index is 0.00000625. The molecule has 2 N–H and O–H groups in total. The van der Waals surface area contributed by atoms with Crippen molar-refractivity contribution in [2.75, 3.05) is 66.6 Å². The zero-order valence-corrected chi connectivity index (χ0v) is 19.0. The minimum Gasteiger partial charge on any atom is -0.450 e. The van der Waals surface area contributed by atoms with Crippen LogP contribution in [-0.4, -0.2) is 94.5 Å². The monoisotopic (exact) mass is 485 g/mol. The maximum atomic E-state index is 11.7. The molecule has 8 nitrogen and oxygen atoms in total. The molecule has 0 bridgehead atoms. The highest BCUT2D eigenvalue weighted by Gasteiger charge is 2.23. The summed E-state index contributed by atoms with van der Waals surface area (Å²) in [6.07, 6.45) is 1.59. The predicted molar refractivity (Wildman–Crippen MR) is 116 cm³/mol. The molecule has 1 saturated heterocycles. The van der Waals surface area contributed by atoms with Gasteiger partial charge in [-0.2, -0.15) is 0 Å². The molecule has 1 amide bonds. The first-order valence-corrected chi connectivity index (χ1v) is 9.24. The number of hydrogen-bond donors (Lipinski definition) is 2. The summed E-state index contributed by atoms with van der Waals surface area (Å²) in [7, 11) is 3.78. The summed E-state index contributed by atoms with van der Waals surface area (Å²) in [6, 6.07) is 0.328. The van der Waals surface area contributed by atoms with Crippen LogP contribution >= 0.6 is 24.0 Å². The fourth-order valence-corrected chi connectivity index (χ4v) is 2.63. The van der Waals surface area contributed by atoms with Crippen molar-refractivity contribution in [2.24, 2.45) is 4.99 Å².